The molecule has 1 aromatic heterocycles. The molecule has 8 heteroatoms. The van der Waals surface area contributed by atoms with Gasteiger partial charge in [-0.25, -0.2) is 9.18 Å². The predicted molar refractivity (Wildman–Crippen MR) is 157 cm³/mol. The Balaban J connectivity index is 1.43. The van der Waals surface area contributed by atoms with Crippen LogP contribution in [0.25, 0.3) is 10.9 Å². The largest absolute Gasteiger partial charge is 0.497 e. The maximum Gasteiger partial charge on any atom is 0.322 e. The molecule has 0 radical (unpaired) electrons. The first-order chi connectivity index (χ1) is 18.8. The van der Waals surface area contributed by atoms with Crippen molar-refractivity contribution >= 4 is 34.0 Å². The lowest BCUT2D eigenvalue weighted by atomic mass is 10.1. The van der Waals surface area contributed by atoms with Gasteiger partial charge < -0.3 is 25.2 Å². The zero-order valence-electron chi connectivity index (χ0n) is 22.9. The number of hydrogen-bond acceptors (Lipinski definition) is 5. The number of carbonyl (C=O) groups is 1. The van der Waals surface area contributed by atoms with E-state index in [4.69, 9.17) is 4.74 Å². The minimum absolute atomic E-state index is 0.123. The van der Waals surface area contributed by atoms with Crippen molar-refractivity contribution in [1.82, 2.24) is 9.88 Å². The number of urea groups is 1. The first-order valence-electron chi connectivity index (χ1n) is 13.1. The van der Waals surface area contributed by atoms with E-state index in [0.717, 1.165) is 46.4 Å². The number of amides is 2. The van der Waals surface area contributed by atoms with Gasteiger partial charge in [-0.2, -0.15) is 0 Å². The molecule has 1 atom stereocenters. The monoisotopic (exact) mass is 529 g/mol. The maximum atomic E-state index is 14.2. The standard InChI is InChI=1S/C31H36FN5O2/c1-22(34-29-20-26(39-4)19-24-10-7-17-33-30(24)29)9-8-18-37(21-23-13-15-25(16-14-23)36(2)3)31(38)35-28-12-6-5-11-27(28)32/h5-7,10-17,19-20,22,34H,8-9,18,21H2,1-4H3,(H,35,38). The maximum absolute atomic E-state index is 14.2. The van der Waals surface area contributed by atoms with Crippen molar-refractivity contribution in [2.24, 2.45) is 0 Å². The van der Waals surface area contributed by atoms with Gasteiger partial charge in [-0.15, -0.1) is 0 Å². The van der Waals surface area contributed by atoms with Crippen molar-refractivity contribution in [2.45, 2.75) is 32.4 Å². The molecule has 0 saturated carbocycles. The third-order valence-corrected chi connectivity index (χ3v) is 6.61. The molecular weight excluding hydrogens is 493 g/mol. The average Bonchev–Trinajstić information content (AvgIpc) is 2.93. The molecule has 4 rings (SSSR count). The van der Waals surface area contributed by atoms with Gasteiger partial charge in [0.2, 0.25) is 0 Å². The zero-order chi connectivity index (χ0) is 27.8. The molecule has 0 fully saturated rings. The van der Waals surface area contributed by atoms with Gasteiger partial charge in [-0.1, -0.05) is 30.3 Å². The molecule has 2 N–H and O–H groups in total. The van der Waals surface area contributed by atoms with Gasteiger partial charge in [0.05, 0.1) is 24.0 Å². The molecule has 1 heterocycles. The lowest BCUT2D eigenvalue weighted by Crippen LogP contribution is -2.36. The number of nitrogens with zero attached hydrogens (tertiary/aromatic N) is 3. The number of anilines is 3. The second-order valence-electron chi connectivity index (χ2n) is 9.83. The fraction of sp³-hybridized carbons (Fsp3) is 0.290. The lowest BCUT2D eigenvalue weighted by molar-refractivity contribution is 0.207. The molecule has 0 aliphatic carbocycles. The number of para-hydroxylation sites is 1. The number of benzene rings is 3. The van der Waals surface area contributed by atoms with Gasteiger partial charge in [-0.05, 0) is 61.7 Å². The SMILES string of the molecule is COc1cc(NC(C)CCCN(Cc2ccc(N(C)C)cc2)C(=O)Nc2ccccc2F)c2ncccc2c1. The number of hydrogen-bond donors (Lipinski definition) is 2. The fourth-order valence-corrected chi connectivity index (χ4v) is 4.45. The molecule has 39 heavy (non-hydrogen) atoms. The summed E-state index contributed by atoms with van der Waals surface area (Å²) in [6.45, 7) is 3.04. The summed E-state index contributed by atoms with van der Waals surface area (Å²) in [7, 11) is 5.63. The van der Waals surface area contributed by atoms with Crippen LogP contribution in [-0.2, 0) is 6.54 Å². The molecule has 0 spiro atoms. The van der Waals surface area contributed by atoms with E-state index in [1.165, 1.54) is 6.07 Å². The molecular formula is C31H36FN5O2. The first kappa shape index (κ1) is 27.7. The summed E-state index contributed by atoms with van der Waals surface area (Å²) in [6, 6.07) is 21.9. The van der Waals surface area contributed by atoms with Crippen LogP contribution in [0.3, 0.4) is 0 Å². The second kappa shape index (κ2) is 13.0. The first-order valence-corrected chi connectivity index (χ1v) is 13.1. The number of nitrogens with one attached hydrogen (secondary N) is 2. The van der Waals surface area contributed by atoms with Crippen molar-refractivity contribution in [2.75, 3.05) is 43.3 Å². The summed E-state index contributed by atoms with van der Waals surface area (Å²) in [5.41, 5.74) is 4.05. The van der Waals surface area contributed by atoms with Crippen LogP contribution >= 0.6 is 0 Å². The smallest absolute Gasteiger partial charge is 0.322 e. The van der Waals surface area contributed by atoms with E-state index in [-0.39, 0.29) is 17.8 Å². The Morgan fingerprint density at radius 3 is 2.51 bits per heavy atom. The van der Waals surface area contributed by atoms with Gasteiger partial charge >= 0.3 is 6.03 Å². The summed E-state index contributed by atoms with van der Waals surface area (Å²) in [6.07, 6.45) is 3.35. The van der Waals surface area contributed by atoms with E-state index < -0.39 is 5.82 Å². The third kappa shape index (κ3) is 7.37. The molecule has 0 saturated heterocycles. The Morgan fingerprint density at radius 2 is 1.79 bits per heavy atom. The highest BCUT2D eigenvalue weighted by Crippen LogP contribution is 2.28. The van der Waals surface area contributed by atoms with Gasteiger partial charge in [-0.3, -0.25) is 4.98 Å². The molecule has 0 aliphatic heterocycles. The minimum atomic E-state index is -0.460. The Hall–Kier alpha value is -4.33. The Labute approximate surface area is 229 Å². The highest BCUT2D eigenvalue weighted by Gasteiger charge is 2.17. The number of carbonyl (C=O) groups excluding carboxylic acids is 1. The molecule has 2 amide bonds. The molecule has 3 aromatic carbocycles. The number of aromatic nitrogens is 1. The van der Waals surface area contributed by atoms with Gasteiger partial charge in [0.25, 0.3) is 0 Å². The molecule has 4 aromatic rings. The summed E-state index contributed by atoms with van der Waals surface area (Å²) in [5.74, 6) is 0.305. The van der Waals surface area contributed by atoms with Crippen molar-refractivity contribution in [3.63, 3.8) is 0 Å². The van der Waals surface area contributed by atoms with Crippen LogP contribution in [0.2, 0.25) is 0 Å². The molecule has 0 aliphatic rings. The molecule has 0 bridgehead atoms. The summed E-state index contributed by atoms with van der Waals surface area (Å²) in [4.78, 5) is 21.5. The number of halogens is 1. The predicted octanol–water partition coefficient (Wildman–Crippen LogP) is 6.76. The second-order valence-corrected chi connectivity index (χ2v) is 9.83. The highest BCUT2D eigenvalue weighted by atomic mass is 19.1. The quantitative estimate of drug-likeness (QED) is 0.225. The van der Waals surface area contributed by atoms with Crippen molar-refractivity contribution in [3.8, 4) is 5.75 Å². The normalized spacial score (nSPS) is 11.6. The van der Waals surface area contributed by atoms with Crippen LogP contribution in [-0.4, -0.2) is 49.7 Å². The van der Waals surface area contributed by atoms with Crippen LogP contribution in [0, 0.1) is 5.82 Å². The van der Waals surface area contributed by atoms with E-state index in [9.17, 15) is 9.18 Å². The number of ether oxygens (including phenoxy) is 1. The molecule has 204 valence electrons. The van der Waals surface area contributed by atoms with Gasteiger partial charge in [0, 0.05) is 56.6 Å². The Kier molecular flexibility index (Phi) is 9.20. The number of methoxy groups -OCH3 is 1. The molecule has 1 unspecified atom stereocenters. The van der Waals surface area contributed by atoms with Crippen LogP contribution in [0.5, 0.6) is 5.75 Å². The average molecular weight is 530 g/mol. The number of pyridine rings is 1. The topological polar surface area (TPSA) is 69.7 Å². The van der Waals surface area contributed by atoms with E-state index in [1.807, 2.05) is 67.5 Å². The van der Waals surface area contributed by atoms with Crippen LogP contribution in [0.1, 0.15) is 25.3 Å². The number of rotatable bonds is 11. The van der Waals surface area contributed by atoms with Crippen molar-refractivity contribution in [3.05, 3.63) is 90.4 Å². The highest BCUT2D eigenvalue weighted by molar-refractivity contribution is 5.92. The van der Waals surface area contributed by atoms with E-state index in [0.29, 0.717) is 13.1 Å². The molecule has 7 nitrogen and oxygen atoms in total. The number of fused-ring (bicyclic) bond motifs is 1. The van der Waals surface area contributed by atoms with Gasteiger partial charge in [0.15, 0.2) is 0 Å². The zero-order valence-corrected chi connectivity index (χ0v) is 22.9. The van der Waals surface area contributed by atoms with Crippen LogP contribution < -0.4 is 20.3 Å². The fourth-order valence-electron chi connectivity index (χ4n) is 4.45. The lowest BCUT2D eigenvalue weighted by Gasteiger charge is -2.25. The minimum Gasteiger partial charge on any atom is -0.497 e. The summed E-state index contributed by atoms with van der Waals surface area (Å²) >= 11 is 0. The third-order valence-electron chi connectivity index (χ3n) is 6.61. The Morgan fingerprint density at radius 1 is 1.03 bits per heavy atom. The van der Waals surface area contributed by atoms with Gasteiger partial charge in [0.1, 0.15) is 11.6 Å². The van der Waals surface area contributed by atoms with Crippen molar-refractivity contribution in [1.29, 1.82) is 0 Å². The Bertz CT molecular complexity index is 1390. The van der Waals surface area contributed by atoms with Crippen molar-refractivity contribution < 1.29 is 13.9 Å². The van der Waals surface area contributed by atoms with Crippen LogP contribution in [0.4, 0.5) is 26.2 Å². The van der Waals surface area contributed by atoms with E-state index in [2.05, 4.69) is 22.5 Å². The summed E-state index contributed by atoms with van der Waals surface area (Å²) < 4.78 is 19.7. The summed E-state index contributed by atoms with van der Waals surface area (Å²) in [5, 5.41) is 7.30. The van der Waals surface area contributed by atoms with E-state index in [1.54, 1.807) is 36.4 Å². The van der Waals surface area contributed by atoms with E-state index >= 15 is 0 Å². The van der Waals surface area contributed by atoms with Crippen LogP contribution in [0.15, 0.2) is 79.0 Å².